The predicted octanol–water partition coefficient (Wildman–Crippen LogP) is 6.17. The number of anilines is 1. The molecule has 36 heavy (non-hydrogen) atoms. The summed E-state index contributed by atoms with van der Waals surface area (Å²) in [6.07, 6.45) is 1.09. The van der Waals surface area contributed by atoms with Gasteiger partial charge in [-0.05, 0) is 73.4 Å². The Hall–Kier alpha value is -3.36. The van der Waals surface area contributed by atoms with Gasteiger partial charge in [0.1, 0.15) is 17.7 Å². The number of hydrogen-bond donors (Lipinski definition) is 1. The molecule has 1 N–H and O–H groups in total. The molecule has 0 aliphatic carbocycles. The third-order valence-corrected chi connectivity index (χ3v) is 8.00. The number of carbonyl (C=O) groups is 1. The highest BCUT2D eigenvalue weighted by atomic mass is 35.5. The number of fused-ring (bicyclic) bond motifs is 1. The Kier molecular flexibility index (Phi) is 7.38. The monoisotopic (exact) mass is 529 g/mol. The van der Waals surface area contributed by atoms with E-state index in [4.69, 9.17) is 21.4 Å². The van der Waals surface area contributed by atoms with E-state index in [0.717, 1.165) is 5.56 Å². The Labute approximate surface area is 214 Å². The second-order valence-electron chi connectivity index (χ2n) is 8.68. The van der Waals surface area contributed by atoms with Crippen molar-refractivity contribution >= 4 is 44.9 Å². The highest BCUT2D eigenvalue weighted by Gasteiger charge is 2.35. The summed E-state index contributed by atoms with van der Waals surface area (Å²) < 4.78 is 49.1. The molecule has 0 aromatic heterocycles. The SMILES string of the molecule is C/C(=C\c1ccc2c(c1)N(S(=O)(=O)c1cccc(C)c1)C[C@H](CCC(=O)O)O2)c1c(F)cccc1Cl. The number of halogens is 2. The molecule has 3 aromatic rings. The zero-order chi connectivity index (χ0) is 26.0. The Morgan fingerprint density at radius 1 is 1.19 bits per heavy atom. The Balaban J connectivity index is 1.78. The molecule has 1 atom stereocenters. The lowest BCUT2D eigenvalue weighted by molar-refractivity contribution is -0.137. The molecule has 0 amide bonds. The van der Waals surface area contributed by atoms with E-state index in [9.17, 15) is 17.6 Å². The molecule has 0 bridgehead atoms. The highest BCUT2D eigenvalue weighted by Crippen LogP contribution is 2.39. The van der Waals surface area contributed by atoms with Gasteiger partial charge in [-0.25, -0.2) is 12.8 Å². The normalized spacial score (nSPS) is 15.8. The first-order chi connectivity index (χ1) is 17.1. The number of hydrogen-bond acceptors (Lipinski definition) is 4. The largest absolute Gasteiger partial charge is 0.486 e. The van der Waals surface area contributed by atoms with Crippen molar-refractivity contribution in [1.29, 1.82) is 0 Å². The second kappa shape index (κ2) is 10.3. The smallest absolute Gasteiger partial charge is 0.303 e. The zero-order valence-electron chi connectivity index (χ0n) is 19.7. The summed E-state index contributed by atoms with van der Waals surface area (Å²) in [4.78, 5) is 11.2. The summed E-state index contributed by atoms with van der Waals surface area (Å²) in [5.41, 5.74) is 2.58. The number of aryl methyl sites for hydroxylation is 1. The minimum absolute atomic E-state index is 0.0398. The van der Waals surface area contributed by atoms with Gasteiger partial charge in [-0.2, -0.15) is 0 Å². The third kappa shape index (κ3) is 5.39. The molecule has 0 unspecified atom stereocenters. The number of carboxylic acid groups (broad SMARTS) is 1. The second-order valence-corrected chi connectivity index (χ2v) is 10.9. The predicted molar refractivity (Wildman–Crippen MR) is 138 cm³/mol. The summed E-state index contributed by atoms with van der Waals surface area (Å²) in [7, 11) is -3.98. The van der Waals surface area contributed by atoms with Gasteiger partial charge in [-0.3, -0.25) is 9.10 Å². The Morgan fingerprint density at radius 2 is 1.94 bits per heavy atom. The first-order valence-corrected chi connectivity index (χ1v) is 13.1. The van der Waals surface area contributed by atoms with Gasteiger partial charge < -0.3 is 9.84 Å². The summed E-state index contributed by atoms with van der Waals surface area (Å²) in [5.74, 6) is -1.12. The molecule has 0 saturated carbocycles. The van der Waals surface area contributed by atoms with E-state index in [1.807, 2.05) is 13.0 Å². The summed E-state index contributed by atoms with van der Waals surface area (Å²) >= 11 is 6.21. The van der Waals surface area contributed by atoms with Crippen molar-refractivity contribution in [3.8, 4) is 5.75 Å². The summed E-state index contributed by atoms with van der Waals surface area (Å²) in [5, 5.41) is 9.37. The topological polar surface area (TPSA) is 83.9 Å². The van der Waals surface area contributed by atoms with Crippen LogP contribution in [-0.4, -0.2) is 32.1 Å². The highest BCUT2D eigenvalue weighted by molar-refractivity contribution is 7.92. The van der Waals surface area contributed by atoms with E-state index in [1.165, 1.54) is 22.5 Å². The molecule has 0 fully saturated rings. The molecule has 1 aliphatic heterocycles. The summed E-state index contributed by atoms with van der Waals surface area (Å²) in [6, 6.07) is 16.1. The molecule has 0 spiro atoms. The van der Waals surface area contributed by atoms with Gasteiger partial charge in [0, 0.05) is 12.0 Å². The molecular formula is C27H25ClFNO5S. The van der Waals surface area contributed by atoms with Crippen LogP contribution >= 0.6 is 11.6 Å². The standard InChI is InChI=1S/C27H25ClFNO5S/c1-17-5-3-6-21(13-17)36(33,34)30-16-20(10-12-26(31)32)35-25-11-9-19(15-24(25)30)14-18(2)27-22(28)7-4-8-23(27)29/h3-9,11,13-15,20H,10,12,16H2,1-2H3,(H,31,32)/b18-14+/t20-/m0/s1. The van der Waals surface area contributed by atoms with Crippen LogP contribution in [0.3, 0.4) is 0 Å². The third-order valence-electron chi connectivity index (χ3n) is 5.91. The van der Waals surface area contributed by atoms with Crippen LogP contribution in [0.25, 0.3) is 11.6 Å². The van der Waals surface area contributed by atoms with Gasteiger partial charge >= 0.3 is 5.97 Å². The van der Waals surface area contributed by atoms with Crippen LogP contribution in [0.4, 0.5) is 10.1 Å². The molecule has 3 aromatic carbocycles. The van der Waals surface area contributed by atoms with Crippen LogP contribution in [0.15, 0.2) is 65.6 Å². The van der Waals surface area contributed by atoms with Gasteiger partial charge in [0.15, 0.2) is 0 Å². The van der Waals surface area contributed by atoms with Crippen LogP contribution in [0.5, 0.6) is 5.75 Å². The Bertz CT molecular complexity index is 1430. The molecule has 6 nitrogen and oxygen atoms in total. The molecule has 0 saturated heterocycles. The number of sulfonamides is 1. The van der Waals surface area contributed by atoms with Crippen molar-refractivity contribution in [1.82, 2.24) is 0 Å². The van der Waals surface area contributed by atoms with Gasteiger partial charge in [0.25, 0.3) is 10.0 Å². The van der Waals surface area contributed by atoms with Gasteiger partial charge in [0.05, 0.1) is 22.2 Å². The number of rotatable bonds is 7. The first-order valence-electron chi connectivity index (χ1n) is 11.3. The molecule has 1 heterocycles. The number of benzene rings is 3. The van der Waals surface area contributed by atoms with Crippen LogP contribution in [0.1, 0.15) is 36.5 Å². The molecule has 0 radical (unpaired) electrons. The molecule has 1 aliphatic rings. The number of ether oxygens (including phenoxy) is 1. The van der Waals surface area contributed by atoms with E-state index in [-0.39, 0.29) is 34.9 Å². The average molecular weight is 530 g/mol. The van der Waals surface area contributed by atoms with Gasteiger partial charge in [-0.1, -0.05) is 41.9 Å². The molecule has 9 heteroatoms. The lowest BCUT2D eigenvalue weighted by Gasteiger charge is -2.35. The number of nitrogens with zero attached hydrogens (tertiary/aromatic N) is 1. The van der Waals surface area contributed by atoms with E-state index in [2.05, 4.69) is 0 Å². The maximum atomic E-state index is 14.4. The van der Waals surface area contributed by atoms with Crippen molar-refractivity contribution in [2.24, 2.45) is 0 Å². The average Bonchev–Trinajstić information content (AvgIpc) is 2.82. The molecule has 4 rings (SSSR count). The summed E-state index contributed by atoms with van der Waals surface area (Å²) in [6.45, 7) is 3.49. The van der Waals surface area contributed by atoms with E-state index < -0.39 is 27.9 Å². The lowest BCUT2D eigenvalue weighted by Crippen LogP contribution is -2.43. The van der Waals surface area contributed by atoms with Crippen molar-refractivity contribution in [2.45, 2.75) is 37.7 Å². The number of carboxylic acids is 1. The minimum atomic E-state index is -3.98. The fourth-order valence-corrected chi connectivity index (χ4v) is 6.10. The van der Waals surface area contributed by atoms with Crippen molar-refractivity contribution in [2.75, 3.05) is 10.8 Å². The molecular weight excluding hydrogens is 505 g/mol. The fraction of sp³-hybridized carbons (Fsp3) is 0.222. The van der Waals surface area contributed by atoms with E-state index >= 15 is 0 Å². The van der Waals surface area contributed by atoms with Crippen LogP contribution in [-0.2, 0) is 14.8 Å². The van der Waals surface area contributed by atoms with Crippen molar-refractivity contribution in [3.05, 3.63) is 88.2 Å². The van der Waals surface area contributed by atoms with Crippen LogP contribution in [0, 0.1) is 12.7 Å². The fourth-order valence-electron chi connectivity index (χ4n) is 4.18. The lowest BCUT2D eigenvalue weighted by atomic mass is 10.0. The first kappa shape index (κ1) is 25.7. The van der Waals surface area contributed by atoms with E-state index in [1.54, 1.807) is 49.4 Å². The minimum Gasteiger partial charge on any atom is -0.486 e. The van der Waals surface area contributed by atoms with Crippen molar-refractivity contribution in [3.63, 3.8) is 0 Å². The molecule has 188 valence electrons. The number of allylic oxidation sites excluding steroid dienone is 1. The quantitative estimate of drug-likeness (QED) is 0.370. The maximum absolute atomic E-state index is 14.4. The van der Waals surface area contributed by atoms with E-state index in [0.29, 0.717) is 22.6 Å². The zero-order valence-corrected chi connectivity index (χ0v) is 21.3. The maximum Gasteiger partial charge on any atom is 0.303 e. The van der Waals surface area contributed by atoms with Crippen LogP contribution < -0.4 is 9.04 Å². The number of aliphatic carboxylic acids is 1. The van der Waals surface area contributed by atoms with Gasteiger partial charge in [-0.15, -0.1) is 0 Å². The van der Waals surface area contributed by atoms with Crippen molar-refractivity contribution < 1.29 is 27.4 Å². The van der Waals surface area contributed by atoms with Crippen LogP contribution in [0.2, 0.25) is 5.02 Å². The Morgan fingerprint density at radius 3 is 2.64 bits per heavy atom. The van der Waals surface area contributed by atoms with Gasteiger partial charge in [0.2, 0.25) is 0 Å².